The Hall–Kier alpha value is -3.98. The fourth-order valence-corrected chi connectivity index (χ4v) is 4.57. The summed E-state index contributed by atoms with van der Waals surface area (Å²) < 4.78 is 10.8. The van der Waals surface area contributed by atoms with Gasteiger partial charge in [-0.3, -0.25) is 4.79 Å². The predicted molar refractivity (Wildman–Crippen MR) is 137 cm³/mol. The molecule has 4 rings (SSSR count). The van der Waals surface area contributed by atoms with Crippen LogP contribution in [0, 0.1) is 6.92 Å². The summed E-state index contributed by atoms with van der Waals surface area (Å²) in [4.78, 5) is 26.5. The second-order valence-electron chi connectivity index (χ2n) is 7.96. The van der Waals surface area contributed by atoms with Crippen molar-refractivity contribution in [3.05, 3.63) is 77.1 Å². The van der Waals surface area contributed by atoms with Crippen LogP contribution >= 0.6 is 11.3 Å². The van der Waals surface area contributed by atoms with Crippen molar-refractivity contribution < 1.29 is 14.3 Å². The lowest BCUT2D eigenvalue weighted by atomic mass is 10.1. The first-order valence-corrected chi connectivity index (χ1v) is 11.9. The third kappa shape index (κ3) is 6.13. The molecule has 1 atom stereocenters. The molecular formula is C26H27N5O3S. The average molecular weight is 490 g/mol. The third-order valence-corrected chi connectivity index (χ3v) is 6.39. The topological polar surface area (TPSA) is 98.3 Å². The predicted octanol–water partition coefficient (Wildman–Crippen LogP) is 5.09. The summed E-state index contributed by atoms with van der Waals surface area (Å²) in [6.07, 6.45) is 4.11. The second kappa shape index (κ2) is 11.0. The number of hydrogen-bond acceptors (Lipinski definition) is 8. The van der Waals surface area contributed by atoms with Crippen LogP contribution in [0.1, 0.15) is 29.1 Å². The van der Waals surface area contributed by atoms with E-state index in [-0.39, 0.29) is 11.9 Å². The van der Waals surface area contributed by atoms with Gasteiger partial charge in [0.15, 0.2) is 11.5 Å². The van der Waals surface area contributed by atoms with Crippen molar-refractivity contribution in [1.29, 1.82) is 0 Å². The van der Waals surface area contributed by atoms with Gasteiger partial charge >= 0.3 is 0 Å². The van der Waals surface area contributed by atoms with Crippen molar-refractivity contribution in [1.82, 2.24) is 20.3 Å². The molecule has 8 nitrogen and oxygen atoms in total. The molecule has 3 heterocycles. The van der Waals surface area contributed by atoms with E-state index in [0.29, 0.717) is 23.7 Å². The van der Waals surface area contributed by atoms with E-state index in [1.165, 1.54) is 18.3 Å². The number of rotatable bonds is 9. The fraction of sp³-hybridized carbons (Fsp3) is 0.231. The van der Waals surface area contributed by atoms with Crippen LogP contribution in [0.15, 0.2) is 60.9 Å². The third-order valence-electron chi connectivity index (χ3n) is 5.26. The van der Waals surface area contributed by atoms with Crippen molar-refractivity contribution in [3.63, 3.8) is 0 Å². The molecule has 3 aromatic heterocycles. The maximum absolute atomic E-state index is 12.0. The molecule has 180 valence electrons. The van der Waals surface area contributed by atoms with Gasteiger partial charge in [-0.25, -0.2) is 15.0 Å². The molecule has 2 N–H and O–H groups in total. The van der Waals surface area contributed by atoms with Crippen molar-refractivity contribution in [2.75, 3.05) is 19.5 Å². The molecule has 0 aliphatic carbocycles. The summed E-state index contributed by atoms with van der Waals surface area (Å²) in [5.41, 5.74) is 2.90. The Kier molecular flexibility index (Phi) is 7.57. The zero-order valence-corrected chi connectivity index (χ0v) is 20.8. The Morgan fingerprint density at radius 3 is 2.60 bits per heavy atom. The number of benzene rings is 1. The van der Waals surface area contributed by atoms with Gasteiger partial charge < -0.3 is 20.1 Å². The first-order valence-electron chi connectivity index (χ1n) is 11.1. The minimum absolute atomic E-state index is 0.123. The number of ether oxygens (including phenoxy) is 2. The van der Waals surface area contributed by atoms with Crippen LogP contribution in [0.4, 0.5) is 11.6 Å². The van der Waals surface area contributed by atoms with Crippen LogP contribution in [0.5, 0.6) is 11.5 Å². The van der Waals surface area contributed by atoms with E-state index < -0.39 is 0 Å². The second-order valence-corrected chi connectivity index (χ2v) is 9.02. The normalized spacial score (nSPS) is 11.5. The minimum atomic E-state index is -0.290. The van der Waals surface area contributed by atoms with Crippen molar-refractivity contribution in [2.45, 2.75) is 26.3 Å². The molecule has 1 aromatic carbocycles. The number of methoxy groups -OCH3 is 2. The maximum Gasteiger partial charge on any atom is 0.217 e. The highest BCUT2D eigenvalue weighted by Gasteiger charge is 2.19. The van der Waals surface area contributed by atoms with E-state index in [4.69, 9.17) is 14.5 Å². The van der Waals surface area contributed by atoms with Gasteiger partial charge in [-0.05, 0) is 60.9 Å². The number of hydrogen-bond donors (Lipinski definition) is 2. The minimum Gasteiger partial charge on any atom is -0.493 e. The lowest BCUT2D eigenvalue weighted by molar-refractivity contribution is -0.119. The van der Waals surface area contributed by atoms with Crippen LogP contribution in [-0.4, -0.2) is 35.1 Å². The van der Waals surface area contributed by atoms with Crippen LogP contribution in [0.25, 0.3) is 10.6 Å². The van der Waals surface area contributed by atoms with E-state index in [9.17, 15) is 4.79 Å². The molecule has 9 heteroatoms. The van der Waals surface area contributed by atoms with Gasteiger partial charge in [-0.2, -0.15) is 0 Å². The smallest absolute Gasteiger partial charge is 0.217 e. The monoisotopic (exact) mass is 489 g/mol. The zero-order chi connectivity index (χ0) is 24.8. The molecule has 35 heavy (non-hydrogen) atoms. The Morgan fingerprint density at radius 2 is 1.86 bits per heavy atom. The number of nitrogens with one attached hydrogen (secondary N) is 2. The Balaban J connectivity index is 1.56. The van der Waals surface area contributed by atoms with E-state index in [1.807, 2.05) is 55.5 Å². The molecule has 0 spiro atoms. The Morgan fingerprint density at radius 1 is 1.03 bits per heavy atom. The van der Waals surface area contributed by atoms with Crippen molar-refractivity contribution >= 4 is 28.9 Å². The van der Waals surface area contributed by atoms with E-state index >= 15 is 0 Å². The molecule has 0 aliphatic heterocycles. The number of carbonyl (C=O) groups is 1. The van der Waals surface area contributed by atoms with Crippen LogP contribution in [0.2, 0.25) is 0 Å². The number of anilines is 2. The summed E-state index contributed by atoms with van der Waals surface area (Å²) in [6, 6.07) is 15.1. The summed E-state index contributed by atoms with van der Waals surface area (Å²) in [7, 11) is 3.20. The Bertz CT molecular complexity index is 1320. The highest BCUT2D eigenvalue weighted by atomic mass is 32.1. The van der Waals surface area contributed by atoms with Crippen molar-refractivity contribution in [3.8, 4) is 22.1 Å². The van der Waals surface area contributed by atoms with Gasteiger partial charge in [0.1, 0.15) is 16.6 Å². The van der Waals surface area contributed by atoms with Crippen LogP contribution < -0.4 is 20.1 Å². The van der Waals surface area contributed by atoms with Gasteiger partial charge in [0.2, 0.25) is 5.91 Å². The average Bonchev–Trinajstić information content (AvgIpc) is 3.34. The Labute approximate surface area is 208 Å². The number of thiazole rings is 1. The number of nitrogens with zero attached hydrogens (tertiary/aromatic N) is 3. The summed E-state index contributed by atoms with van der Waals surface area (Å²) in [6.45, 7) is 3.52. The van der Waals surface area contributed by atoms with Crippen LogP contribution in [0.3, 0.4) is 0 Å². The van der Waals surface area contributed by atoms with E-state index in [2.05, 4.69) is 20.6 Å². The molecule has 0 bridgehead atoms. The van der Waals surface area contributed by atoms with Gasteiger partial charge in [0.25, 0.3) is 0 Å². The zero-order valence-electron chi connectivity index (χ0n) is 20.0. The molecular weight excluding hydrogens is 462 g/mol. The molecule has 0 fully saturated rings. The van der Waals surface area contributed by atoms with Crippen molar-refractivity contribution in [2.24, 2.45) is 0 Å². The number of amides is 1. The molecule has 1 amide bonds. The number of pyridine rings is 2. The molecule has 0 saturated heterocycles. The summed E-state index contributed by atoms with van der Waals surface area (Å²) >= 11 is 1.50. The molecule has 4 aromatic rings. The standard InChI is InChI=1S/C26H27N5O3S/c1-16-10-11-27-25(12-16)31-24-7-5-6-19(30-24)23-15-28-26(35-23)20(29-17(2)32)13-18-8-9-21(33-3)22(14-18)34-4/h5-12,14-15,20H,13H2,1-4H3,(H,29,32)(H,27,30,31). The SMILES string of the molecule is COc1ccc(CC(NC(C)=O)c2ncc(-c3cccc(Nc4cc(C)ccn4)n3)s2)cc1OC. The van der Waals surface area contributed by atoms with Crippen LogP contribution in [-0.2, 0) is 11.2 Å². The first kappa shape index (κ1) is 24.2. The molecule has 0 aliphatic rings. The summed E-state index contributed by atoms with van der Waals surface area (Å²) in [5, 5.41) is 7.06. The van der Waals surface area contributed by atoms with Gasteiger partial charge in [0, 0.05) is 19.3 Å². The number of carbonyl (C=O) groups excluding carboxylic acids is 1. The van der Waals surface area contributed by atoms with Gasteiger partial charge in [-0.15, -0.1) is 11.3 Å². The summed E-state index contributed by atoms with van der Waals surface area (Å²) in [5.74, 6) is 2.61. The fourth-order valence-electron chi connectivity index (χ4n) is 3.63. The van der Waals surface area contributed by atoms with E-state index in [1.54, 1.807) is 26.6 Å². The van der Waals surface area contributed by atoms with E-state index in [0.717, 1.165) is 32.5 Å². The quantitative estimate of drug-likeness (QED) is 0.338. The maximum atomic E-state index is 12.0. The molecule has 0 saturated carbocycles. The number of aryl methyl sites for hydroxylation is 1. The number of aromatic nitrogens is 3. The molecule has 0 radical (unpaired) electrons. The van der Waals surface area contributed by atoms with Gasteiger partial charge in [0.05, 0.1) is 30.8 Å². The molecule has 1 unspecified atom stereocenters. The first-order chi connectivity index (χ1) is 16.9. The lowest BCUT2D eigenvalue weighted by Gasteiger charge is -2.17. The lowest BCUT2D eigenvalue weighted by Crippen LogP contribution is -2.27. The highest BCUT2D eigenvalue weighted by molar-refractivity contribution is 7.15. The highest BCUT2D eigenvalue weighted by Crippen LogP contribution is 2.33. The largest absolute Gasteiger partial charge is 0.493 e. The van der Waals surface area contributed by atoms with Gasteiger partial charge in [-0.1, -0.05) is 12.1 Å².